The smallest absolute Gasteiger partial charge is 0.242 e. The minimum atomic E-state index is -0.557. The van der Waals surface area contributed by atoms with E-state index in [0.717, 1.165) is 16.7 Å². The van der Waals surface area contributed by atoms with Crippen molar-refractivity contribution in [3.8, 4) is 0 Å². The number of hydrogen-bond acceptors (Lipinski definition) is 3. The molecule has 0 fully saturated rings. The maximum atomic E-state index is 12.9. The lowest BCUT2D eigenvalue weighted by Crippen LogP contribution is -2.47. The van der Waals surface area contributed by atoms with Gasteiger partial charge in [0.1, 0.15) is 6.04 Å². The first kappa shape index (κ1) is 22.6. The van der Waals surface area contributed by atoms with E-state index in [1.165, 1.54) is 11.8 Å². The molecular weight excluding hydrogens is 415 g/mol. The summed E-state index contributed by atoms with van der Waals surface area (Å²) in [5.74, 6) is 0.568. The van der Waals surface area contributed by atoms with E-state index < -0.39 is 6.04 Å². The van der Waals surface area contributed by atoms with Crippen LogP contribution < -0.4 is 5.32 Å². The summed E-state index contributed by atoms with van der Waals surface area (Å²) in [4.78, 5) is 26.6. The maximum Gasteiger partial charge on any atom is 0.242 e. The van der Waals surface area contributed by atoms with Crippen LogP contribution in [0.5, 0.6) is 0 Å². The molecule has 2 rings (SSSR count). The number of nitrogens with zero attached hydrogens (tertiary/aromatic N) is 1. The van der Waals surface area contributed by atoms with Gasteiger partial charge in [0.2, 0.25) is 11.8 Å². The van der Waals surface area contributed by atoms with E-state index in [0.29, 0.717) is 22.3 Å². The van der Waals surface area contributed by atoms with Gasteiger partial charge in [-0.1, -0.05) is 59.1 Å². The molecule has 0 aromatic heterocycles. The summed E-state index contributed by atoms with van der Waals surface area (Å²) in [5, 5.41) is 3.79. The molecule has 1 N–H and O–H groups in total. The third-order valence-electron chi connectivity index (χ3n) is 4.39. The first-order valence-electron chi connectivity index (χ1n) is 8.90. The lowest BCUT2D eigenvalue weighted by atomic mass is 10.1. The van der Waals surface area contributed by atoms with Crippen molar-refractivity contribution in [2.75, 3.05) is 12.8 Å². The Morgan fingerprint density at radius 1 is 1.14 bits per heavy atom. The number of carbonyl (C=O) groups excluding carboxylic acids is 2. The molecule has 0 radical (unpaired) electrons. The van der Waals surface area contributed by atoms with Crippen LogP contribution in [0.3, 0.4) is 0 Å². The zero-order valence-corrected chi connectivity index (χ0v) is 18.5. The molecule has 150 valence electrons. The normalized spacial score (nSPS) is 11.8. The highest BCUT2D eigenvalue weighted by Gasteiger charge is 2.25. The predicted octanol–water partition coefficient (Wildman–Crippen LogP) is 4.70. The van der Waals surface area contributed by atoms with Crippen LogP contribution in [0.15, 0.2) is 42.5 Å². The van der Waals surface area contributed by atoms with Crippen molar-refractivity contribution < 1.29 is 9.59 Å². The summed E-state index contributed by atoms with van der Waals surface area (Å²) in [6.07, 6.45) is 0. The van der Waals surface area contributed by atoms with E-state index in [4.69, 9.17) is 23.2 Å². The second-order valence-corrected chi connectivity index (χ2v) is 8.36. The SMILES string of the molecule is CNC(=O)C(C)N(Cc1ccc(C)cc1)C(=O)CSCc1ccc(Cl)cc1Cl. The Kier molecular flexibility index (Phi) is 8.67. The van der Waals surface area contributed by atoms with Crippen molar-refractivity contribution >= 4 is 46.8 Å². The molecular formula is C21H24Cl2N2O2S. The molecule has 28 heavy (non-hydrogen) atoms. The van der Waals surface area contributed by atoms with E-state index in [2.05, 4.69) is 5.32 Å². The van der Waals surface area contributed by atoms with Crippen LogP contribution >= 0.6 is 35.0 Å². The van der Waals surface area contributed by atoms with Gasteiger partial charge in [0.15, 0.2) is 0 Å². The van der Waals surface area contributed by atoms with Gasteiger partial charge in [-0.05, 0) is 37.1 Å². The van der Waals surface area contributed by atoms with Crippen LogP contribution in [0.4, 0.5) is 0 Å². The lowest BCUT2D eigenvalue weighted by Gasteiger charge is -2.28. The molecule has 0 aliphatic carbocycles. The summed E-state index contributed by atoms with van der Waals surface area (Å²) in [6.45, 7) is 4.14. The summed E-state index contributed by atoms with van der Waals surface area (Å²) >= 11 is 13.6. The van der Waals surface area contributed by atoms with E-state index in [-0.39, 0.29) is 17.6 Å². The Hall–Kier alpha value is -1.69. The standard InChI is InChI=1S/C21H24Cl2N2O2S/c1-14-4-6-16(7-5-14)11-25(15(2)21(27)24-3)20(26)13-28-12-17-8-9-18(22)10-19(17)23/h4-10,15H,11-13H2,1-3H3,(H,24,27). The monoisotopic (exact) mass is 438 g/mol. The van der Waals surface area contributed by atoms with Crippen molar-refractivity contribution in [2.45, 2.75) is 32.2 Å². The van der Waals surface area contributed by atoms with Crippen molar-refractivity contribution in [3.63, 3.8) is 0 Å². The van der Waals surface area contributed by atoms with Gasteiger partial charge in [-0.3, -0.25) is 9.59 Å². The average molecular weight is 439 g/mol. The number of likely N-dealkylation sites (N-methyl/N-ethyl adjacent to an activating group) is 1. The van der Waals surface area contributed by atoms with Crippen molar-refractivity contribution in [1.82, 2.24) is 10.2 Å². The first-order valence-corrected chi connectivity index (χ1v) is 10.8. The van der Waals surface area contributed by atoms with Crippen LogP contribution in [0.25, 0.3) is 0 Å². The predicted molar refractivity (Wildman–Crippen MR) is 118 cm³/mol. The first-order chi connectivity index (χ1) is 13.3. The second kappa shape index (κ2) is 10.7. The molecule has 0 heterocycles. The lowest BCUT2D eigenvalue weighted by molar-refractivity contribution is -0.138. The van der Waals surface area contributed by atoms with E-state index in [1.807, 2.05) is 37.3 Å². The Morgan fingerprint density at radius 3 is 2.43 bits per heavy atom. The molecule has 0 saturated carbocycles. The highest BCUT2D eigenvalue weighted by atomic mass is 35.5. The minimum Gasteiger partial charge on any atom is -0.357 e. The van der Waals surface area contributed by atoms with Crippen molar-refractivity contribution in [1.29, 1.82) is 0 Å². The van der Waals surface area contributed by atoms with E-state index >= 15 is 0 Å². The van der Waals surface area contributed by atoms with Crippen LogP contribution in [0, 0.1) is 6.92 Å². The van der Waals surface area contributed by atoms with Gasteiger partial charge in [-0.15, -0.1) is 11.8 Å². The Morgan fingerprint density at radius 2 is 1.82 bits per heavy atom. The molecule has 0 aliphatic heterocycles. The Balaban J connectivity index is 2.05. The van der Waals surface area contributed by atoms with Crippen LogP contribution in [-0.4, -0.2) is 35.6 Å². The number of halogens is 2. The number of nitrogens with one attached hydrogen (secondary N) is 1. The van der Waals surface area contributed by atoms with Gasteiger partial charge >= 0.3 is 0 Å². The fourth-order valence-electron chi connectivity index (χ4n) is 2.65. The summed E-state index contributed by atoms with van der Waals surface area (Å²) in [5.41, 5.74) is 3.06. The Bertz CT molecular complexity index is 828. The van der Waals surface area contributed by atoms with Crippen LogP contribution in [0.1, 0.15) is 23.6 Å². The molecule has 1 atom stereocenters. The fourth-order valence-corrected chi connectivity index (χ4v) is 4.12. The number of carbonyl (C=O) groups is 2. The van der Waals surface area contributed by atoms with E-state index in [1.54, 1.807) is 31.0 Å². The topological polar surface area (TPSA) is 49.4 Å². The highest BCUT2D eigenvalue weighted by molar-refractivity contribution is 7.99. The second-order valence-electron chi connectivity index (χ2n) is 6.53. The average Bonchev–Trinajstić information content (AvgIpc) is 2.67. The fraction of sp³-hybridized carbons (Fsp3) is 0.333. The van der Waals surface area contributed by atoms with Gasteiger partial charge in [0, 0.05) is 29.4 Å². The summed E-state index contributed by atoms with van der Waals surface area (Å²) in [6, 6.07) is 12.7. The molecule has 2 amide bonds. The van der Waals surface area contributed by atoms with Crippen LogP contribution in [0.2, 0.25) is 10.0 Å². The third-order valence-corrected chi connectivity index (χ3v) is 5.94. The van der Waals surface area contributed by atoms with Gasteiger partial charge in [0.25, 0.3) is 0 Å². The molecule has 0 bridgehead atoms. The van der Waals surface area contributed by atoms with Crippen molar-refractivity contribution in [2.24, 2.45) is 0 Å². The third kappa shape index (κ3) is 6.43. The number of amides is 2. The quantitative estimate of drug-likeness (QED) is 0.649. The number of rotatable bonds is 8. The van der Waals surface area contributed by atoms with Gasteiger partial charge < -0.3 is 10.2 Å². The molecule has 1 unspecified atom stereocenters. The molecule has 2 aromatic carbocycles. The minimum absolute atomic E-state index is 0.0910. The highest BCUT2D eigenvalue weighted by Crippen LogP contribution is 2.25. The van der Waals surface area contributed by atoms with Crippen LogP contribution in [-0.2, 0) is 21.9 Å². The zero-order chi connectivity index (χ0) is 20.7. The summed E-state index contributed by atoms with van der Waals surface area (Å²) < 4.78 is 0. The number of thioether (sulfide) groups is 1. The van der Waals surface area contributed by atoms with Gasteiger partial charge in [-0.25, -0.2) is 0 Å². The van der Waals surface area contributed by atoms with Gasteiger partial charge in [0.05, 0.1) is 5.75 Å². The number of benzene rings is 2. The molecule has 4 nitrogen and oxygen atoms in total. The maximum absolute atomic E-state index is 12.9. The van der Waals surface area contributed by atoms with Gasteiger partial charge in [-0.2, -0.15) is 0 Å². The molecule has 2 aromatic rings. The molecule has 0 aliphatic rings. The van der Waals surface area contributed by atoms with E-state index in [9.17, 15) is 9.59 Å². The largest absolute Gasteiger partial charge is 0.357 e. The molecule has 0 saturated heterocycles. The zero-order valence-electron chi connectivity index (χ0n) is 16.2. The molecule has 7 heteroatoms. The number of aryl methyl sites for hydroxylation is 1. The Labute approximate surface area is 180 Å². The van der Waals surface area contributed by atoms with Crippen molar-refractivity contribution in [3.05, 3.63) is 69.2 Å². The molecule has 0 spiro atoms. The summed E-state index contributed by atoms with van der Waals surface area (Å²) in [7, 11) is 1.57. The number of hydrogen-bond donors (Lipinski definition) is 1.